The average molecular weight is 355 g/mol. The van der Waals surface area contributed by atoms with E-state index in [1.165, 1.54) is 19.2 Å². The number of amides is 1. The molecule has 6 nitrogen and oxygen atoms in total. The number of pyridine rings is 1. The van der Waals surface area contributed by atoms with Crippen LogP contribution in [0.1, 0.15) is 21.6 Å². The second-order valence-electron chi connectivity index (χ2n) is 5.49. The molecule has 0 fully saturated rings. The molecule has 126 valence electrons. The number of hydrogen-bond acceptors (Lipinski definition) is 4. The summed E-state index contributed by atoms with van der Waals surface area (Å²) in [5, 5.41) is 7.25. The van der Waals surface area contributed by atoms with Gasteiger partial charge in [0.1, 0.15) is 11.5 Å². The monoisotopic (exact) mass is 354 g/mol. The summed E-state index contributed by atoms with van der Waals surface area (Å²) in [6.07, 6.45) is 2.40. The maximum Gasteiger partial charge on any atom is 0.277 e. The highest BCUT2D eigenvalue weighted by atomic mass is 35.5. The number of nitrogens with zero attached hydrogens (tertiary/aromatic N) is 3. The summed E-state index contributed by atoms with van der Waals surface area (Å²) in [4.78, 5) is 27.7. The van der Waals surface area contributed by atoms with Gasteiger partial charge in [0.05, 0.1) is 0 Å². The molecule has 0 bridgehead atoms. The molecule has 1 aromatic carbocycles. The first kappa shape index (κ1) is 16.9. The van der Waals surface area contributed by atoms with E-state index in [2.05, 4.69) is 15.4 Å². The van der Waals surface area contributed by atoms with Gasteiger partial charge in [-0.25, -0.2) is 9.67 Å². The van der Waals surface area contributed by atoms with E-state index in [-0.39, 0.29) is 11.3 Å². The number of carbonyl (C=O) groups is 1. The summed E-state index contributed by atoms with van der Waals surface area (Å²) >= 11 is 5.98. The van der Waals surface area contributed by atoms with Crippen molar-refractivity contribution in [2.45, 2.75) is 6.42 Å². The molecule has 7 heteroatoms. The maximum absolute atomic E-state index is 12.1. The average Bonchev–Trinajstić information content (AvgIpc) is 2.59. The molecule has 0 saturated heterocycles. The van der Waals surface area contributed by atoms with Crippen LogP contribution in [0.4, 0.5) is 5.82 Å². The summed E-state index contributed by atoms with van der Waals surface area (Å²) in [5.74, 6) is -0.0128. The van der Waals surface area contributed by atoms with Gasteiger partial charge in [-0.3, -0.25) is 9.59 Å². The van der Waals surface area contributed by atoms with E-state index in [1.54, 1.807) is 12.3 Å². The van der Waals surface area contributed by atoms with Crippen molar-refractivity contribution in [1.82, 2.24) is 14.8 Å². The summed E-state index contributed by atoms with van der Waals surface area (Å²) in [7, 11) is 1.49. The van der Waals surface area contributed by atoms with Gasteiger partial charge in [-0.1, -0.05) is 29.8 Å². The first-order chi connectivity index (χ1) is 12.0. The quantitative estimate of drug-likeness (QED) is 0.781. The Kier molecular flexibility index (Phi) is 4.90. The van der Waals surface area contributed by atoms with Gasteiger partial charge < -0.3 is 5.32 Å². The number of aromatic nitrogens is 3. The minimum atomic E-state index is -0.425. The Morgan fingerprint density at radius 2 is 2.00 bits per heavy atom. The highest BCUT2D eigenvalue weighted by Gasteiger charge is 2.09. The summed E-state index contributed by atoms with van der Waals surface area (Å²) in [6, 6.07) is 13.9. The predicted molar refractivity (Wildman–Crippen MR) is 95.9 cm³/mol. The smallest absolute Gasteiger partial charge is 0.277 e. The molecule has 1 N–H and O–H groups in total. The van der Waals surface area contributed by atoms with Crippen molar-refractivity contribution in [2.75, 3.05) is 5.32 Å². The van der Waals surface area contributed by atoms with Crippen molar-refractivity contribution in [3.63, 3.8) is 0 Å². The molecule has 0 saturated carbocycles. The summed E-state index contributed by atoms with van der Waals surface area (Å²) in [5.41, 5.74) is 1.95. The number of aryl methyl sites for hydroxylation is 1. The van der Waals surface area contributed by atoms with Crippen LogP contribution in [0.25, 0.3) is 0 Å². The third kappa shape index (κ3) is 4.30. The van der Waals surface area contributed by atoms with E-state index in [4.69, 9.17) is 11.6 Å². The van der Waals surface area contributed by atoms with Crippen molar-refractivity contribution >= 4 is 23.3 Å². The zero-order valence-electron chi connectivity index (χ0n) is 13.4. The lowest BCUT2D eigenvalue weighted by Gasteiger charge is -2.06. The SMILES string of the molecule is Cn1nc(C(=O)Nc2ccc(Cc3cccc(Cl)c3)cn2)ccc1=O. The van der Waals surface area contributed by atoms with Gasteiger partial charge in [0.25, 0.3) is 11.5 Å². The van der Waals surface area contributed by atoms with E-state index in [0.29, 0.717) is 17.3 Å². The number of hydrogen-bond donors (Lipinski definition) is 1. The first-order valence-corrected chi connectivity index (χ1v) is 7.94. The number of carbonyl (C=O) groups excluding carboxylic acids is 1. The number of rotatable bonds is 4. The highest BCUT2D eigenvalue weighted by Crippen LogP contribution is 2.15. The topological polar surface area (TPSA) is 76.9 Å². The van der Waals surface area contributed by atoms with Crippen LogP contribution in [0.2, 0.25) is 5.02 Å². The van der Waals surface area contributed by atoms with E-state index in [0.717, 1.165) is 15.8 Å². The number of benzene rings is 1. The fourth-order valence-corrected chi connectivity index (χ4v) is 2.50. The second-order valence-corrected chi connectivity index (χ2v) is 5.93. The molecule has 0 unspecified atom stereocenters. The second kappa shape index (κ2) is 7.27. The van der Waals surface area contributed by atoms with Crippen molar-refractivity contribution in [3.05, 3.63) is 86.9 Å². The number of anilines is 1. The van der Waals surface area contributed by atoms with Crippen LogP contribution in [0.3, 0.4) is 0 Å². The maximum atomic E-state index is 12.1. The largest absolute Gasteiger partial charge is 0.305 e. The lowest BCUT2D eigenvalue weighted by atomic mass is 10.1. The van der Waals surface area contributed by atoms with Crippen molar-refractivity contribution in [2.24, 2.45) is 7.05 Å². The third-order valence-corrected chi connectivity index (χ3v) is 3.79. The standard InChI is InChI=1S/C18H15ClN4O2/c1-23-17(24)8-6-15(22-23)18(25)21-16-7-5-13(11-20-16)9-12-3-2-4-14(19)10-12/h2-8,10-11H,9H2,1H3,(H,20,21,25). The lowest BCUT2D eigenvalue weighted by Crippen LogP contribution is -2.23. The Bertz CT molecular complexity index is 967. The van der Waals surface area contributed by atoms with Gasteiger partial charge in [0.15, 0.2) is 0 Å². The molecule has 0 atom stereocenters. The van der Waals surface area contributed by atoms with E-state index >= 15 is 0 Å². The van der Waals surface area contributed by atoms with Crippen LogP contribution in [-0.4, -0.2) is 20.7 Å². The Balaban J connectivity index is 1.68. The fourth-order valence-electron chi connectivity index (χ4n) is 2.29. The van der Waals surface area contributed by atoms with Crippen molar-refractivity contribution in [1.29, 1.82) is 0 Å². The normalized spacial score (nSPS) is 10.5. The van der Waals surface area contributed by atoms with E-state index in [9.17, 15) is 9.59 Å². The van der Waals surface area contributed by atoms with Gasteiger partial charge in [0.2, 0.25) is 0 Å². The molecule has 0 aliphatic heterocycles. The highest BCUT2D eigenvalue weighted by molar-refractivity contribution is 6.30. The molecule has 0 spiro atoms. The van der Waals surface area contributed by atoms with Crippen LogP contribution < -0.4 is 10.9 Å². The van der Waals surface area contributed by atoms with Crippen LogP contribution in [0, 0.1) is 0 Å². The molecule has 0 aliphatic carbocycles. The Hall–Kier alpha value is -2.99. The Morgan fingerprint density at radius 1 is 1.16 bits per heavy atom. The molecule has 3 rings (SSSR count). The van der Waals surface area contributed by atoms with Gasteiger partial charge >= 0.3 is 0 Å². The van der Waals surface area contributed by atoms with E-state index in [1.807, 2.05) is 30.3 Å². The number of nitrogens with one attached hydrogen (secondary N) is 1. The molecule has 0 radical (unpaired) electrons. The zero-order chi connectivity index (χ0) is 17.8. The minimum absolute atomic E-state index is 0.145. The molecule has 2 heterocycles. The van der Waals surface area contributed by atoms with Gasteiger partial charge in [-0.05, 0) is 41.8 Å². The van der Waals surface area contributed by atoms with Crippen LogP contribution in [0.5, 0.6) is 0 Å². The first-order valence-electron chi connectivity index (χ1n) is 7.56. The molecule has 0 aliphatic rings. The molecule has 25 heavy (non-hydrogen) atoms. The minimum Gasteiger partial charge on any atom is -0.305 e. The number of halogens is 1. The zero-order valence-corrected chi connectivity index (χ0v) is 14.2. The van der Waals surface area contributed by atoms with Gasteiger partial charge in [-0.15, -0.1) is 0 Å². The molecule has 2 aromatic heterocycles. The van der Waals surface area contributed by atoms with Crippen LogP contribution in [0.15, 0.2) is 59.5 Å². The van der Waals surface area contributed by atoms with Crippen LogP contribution in [-0.2, 0) is 13.5 Å². The van der Waals surface area contributed by atoms with Gasteiger partial charge in [0, 0.05) is 24.3 Å². The third-order valence-electron chi connectivity index (χ3n) is 3.56. The molecule has 1 amide bonds. The Labute approximate surface area is 149 Å². The molecule has 3 aromatic rings. The van der Waals surface area contributed by atoms with Crippen molar-refractivity contribution in [3.8, 4) is 0 Å². The predicted octanol–water partition coefficient (Wildman–Crippen LogP) is 2.67. The van der Waals surface area contributed by atoms with Crippen molar-refractivity contribution < 1.29 is 4.79 Å². The summed E-state index contributed by atoms with van der Waals surface area (Å²) in [6.45, 7) is 0. The lowest BCUT2D eigenvalue weighted by molar-refractivity contribution is 0.101. The molecular formula is C18H15ClN4O2. The van der Waals surface area contributed by atoms with Crippen LogP contribution >= 0.6 is 11.6 Å². The van der Waals surface area contributed by atoms with E-state index < -0.39 is 5.91 Å². The summed E-state index contributed by atoms with van der Waals surface area (Å²) < 4.78 is 1.11. The molecular weight excluding hydrogens is 340 g/mol. The van der Waals surface area contributed by atoms with Gasteiger partial charge in [-0.2, -0.15) is 5.10 Å². The fraction of sp³-hybridized carbons (Fsp3) is 0.111. The Morgan fingerprint density at radius 3 is 2.68 bits per heavy atom.